The number of para-hydroxylation sites is 1. The van der Waals surface area contributed by atoms with Crippen LogP contribution in [0.2, 0.25) is 0 Å². The average Bonchev–Trinajstić information content (AvgIpc) is 3.21. The van der Waals surface area contributed by atoms with Gasteiger partial charge in [0.05, 0.1) is 16.1 Å². The van der Waals surface area contributed by atoms with E-state index in [1.165, 1.54) is 35.6 Å². The van der Waals surface area contributed by atoms with Gasteiger partial charge in [-0.2, -0.15) is 0 Å². The van der Waals surface area contributed by atoms with Crippen molar-refractivity contribution in [3.63, 3.8) is 0 Å². The summed E-state index contributed by atoms with van der Waals surface area (Å²) >= 11 is 1.27. The van der Waals surface area contributed by atoms with Gasteiger partial charge in [0, 0.05) is 5.69 Å². The third-order valence-corrected chi connectivity index (χ3v) is 4.45. The van der Waals surface area contributed by atoms with Crippen molar-refractivity contribution in [2.24, 2.45) is 0 Å². The maximum absolute atomic E-state index is 13.1. The molecule has 0 atom stereocenters. The lowest BCUT2D eigenvalue weighted by Crippen LogP contribution is -2.22. The summed E-state index contributed by atoms with van der Waals surface area (Å²) in [5.74, 6) is -2.22. The molecule has 2 amide bonds. The van der Waals surface area contributed by atoms with Gasteiger partial charge in [-0.3, -0.25) is 9.59 Å². The van der Waals surface area contributed by atoms with Crippen LogP contribution in [-0.4, -0.2) is 24.4 Å². The number of anilines is 2. The highest BCUT2D eigenvalue weighted by molar-refractivity contribution is 7.12. The minimum atomic E-state index is -0.767. The number of benzene rings is 2. The first-order chi connectivity index (χ1) is 13.5. The van der Waals surface area contributed by atoms with E-state index in [1.807, 2.05) is 0 Å². The Balaban J connectivity index is 1.61. The zero-order valence-corrected chi connectivity index (χ0v) is 15.3. The predicted octanol–water partition coefficient (Wildman–Crippen LogP) is 3.94. The third kappa shape index (κ3) is 5.01. The first kappa shape index (κ1) is 19.2. The van der Waals surface area contributed by atoms with Crippen LogP contribution in [0.3, 0.4) is 0 Å². The van der Waals surface area contributed by atoms with Gasteiger partial charge in [-0.05, 0) is 41.8 Å². The maximum atomic E-state index is 13.1. The van der Waals surface area contributed by atoms with E-state index in [0.717, 1.165) is 6.07 Å². The van der Waals surface area contributed by atoms with Crippen LogP contribution in [0.15, 0.2) is 66.0 Å². The molecule has 0 spiro atoms. The molecule has 0 aliphatic heterocycles. The van der Waals surface area contributed by atoms with Crippen molar-refractivity contribution < 1.29 is 23.5 Å². The minimum absolute atomic E-state index is 0.117. The van der Waals surface area contributed by atoms with E-state index in [1.54, 1.807) is 35.7 Å². The Morgan fingerprint density at radius 2 is 1.79 bits per heavy atom. The van der Waals surface area contributed by atoms with Crippen LogP contribution in [0.5, 0.6) is 0 Å². The molecule has 0 aliphatic rings. The number of halogens is 1. The van der Waals surface area contributed by atoms with Crippen molar-refractivity contribution in [3.8, 4) is 0 Å². The van der Waals surface area contributed by atoms with Gasteiger partial charge in [0.1, 0.15) is 5.82 Å². The van der Waals surface area contributed by atoms with Crippen LogP contribution in [-0.2, 0) is 9.53 Å². The van der Waals surface area contributed by atoms with E-state index in [4.69, 9.17) is 4.74 Å². The molecule has 0 unspecified atom stereocenters. The fraction of sp³-hybridized carbons (Fsp3) is 0.0500. The Morgan fingerprint density at radius 1 is 0.964 bits per heavy atom. The molecule has 2 N–H and O–H groups in total. The average molecular weight is 398 g/mol. The van der Waals surface area contributed by atoms with Crippen LogP contribution in [0, 0.1) is 5.82 Å². The second-order valence-corrected chi connectivity index (χ2v) is 6.56. The Bertz CT molecular complexity index is 1000. The van der Waals surface area contributed by atoms with Crippen LogP contribution in [0.25, 0.3) is 0 Å². The number of nitrogens with one attached hydrogen (secondary N) is 2. The first-order valence-corrected chi connectivity index (χ1v) is 9.07. The summed E-state index contributed by atoms with van der Waals surface area (Å²) in [5.41, 5.74) is 0.645. The number of ether oxygens (including phenoxy) is 1. The van der Waals surface area contributed by atoms with Crippen molar-refractivity contribution in [2.45, 2.75) is 0 Å². The van der Waals surface area contributed by atoms with Gasteiger partial charge in [-0.1, -0.05) is 24.3 Å². The Kier molecular flexibility index (Phi) is 6.13. The number of rotatable bonds is 6. The highest BCUT2D eigenvalue weighted by atomic mass is 32.1. The molecule has 1 aromatic heterocycles. The smallest absolute Gasteiger partial charge is 0.340 e. The summed E-state index contributed by atoms with van der Waals surface area (Å²) in [6.45, 7) is -0.553. The summed E-state index contributed by atoms with van der Waals surface area (Å²) in [5, 5.41) is 6.86. The van der Waals surface area contributed by atoms with Gasteiger partial charge in [0.15, 0.2) is 6.61 Å². The molecule has 0 aliphatic carbocycles. The quantitative estimate of drug-likeness (QED) is 0.616. The monoisotopic (exact) mass is 398 g/mol. The Morgan fingerprint density at radius 3 is 2.54 bits per heavy atom. The molecule has 0 radical (unpaired) electrons. The molecule has 0 saturated carbocycles. The van der Waals surface area contributed by atoms with Gasteiger partial charge in [-0.15, -0.1) is 11.3 Å². The number of thiophene rings is 1. The molecule has 28 heavy (non-hydrogen) atoms. The molecule has 8 heteroatoms. The number of carbonyl (C=O) groups excluding carboxylic acids is 3. The SMILES string of the molecule is O=C(COC(=O)c1ccccc1NC(=O)c1cccs1)Nc1cccc(F)c1. The molecular weight excluding hydrogens is 383 g/mol. The van der Waals surface area contributed by atoms with E-state index in [-0.39, 0.29) is 22.8 Å². The van der Waals surface area contributed by atoms with E-state index >= 15 is 0 Å². The zero-order valence-electron chi connectivity index (χ0n) is 14.5. The molecule has 2 aromatic carbocycles. The molecule has 0 saturated heterocycles. The van der Waals surface area contributed by atoms with Crippen molar-refractivity contribution in [1.29, 1.82) is 0 Å². The molecule has 6 nitrogen and oxygen atoms in total. The summed E-state index contributed by atoms with van der Waals surface area (Å²) in [7, 11) is 0. The summed E-state index contributed by atoms with van der Waals surface area (Å²) in [6, 6.07) is 15.1. The Labute approximate surface area is 164 Å². The van der Waals surface area contributed by atoms with Crippen molar-refractivity contribution >= 4 is 40.5 Å². The third-order valence-electron chi connectivity index (χ3n) is 3.58. The topological polar surface area (TPSA) is 84.5 Å². The van der Waals surface area contributed by atoms with Gasteiger partial charge in [-0.25, -0.2) is 9.18 Å². The van der Waals surface area contributed by atoms with Crippen LogP contribution >= 0.6 is 11.3 Å². The van der Waals surface area contributed by atoms with E-state index in [9.17, 15) is 18.8 Å². The van der Waals surface area contributed by atoms with E-state index < -0.39 is 24.3 Å². The van der Waals surface area contributed by atoms with Gasteiger partial charge in [0.25, 0.3) is 11.8 Å². The zero-order chi connectivity index (χ0) is 19.9. The van der Waals surface area contributed by atoms with Crippen LogP contribution < -0.4 is 10.6 Å². The molecule has 3 aromatic rings. The lowest BCUT2D eigenvalue weighted by molar-refractivity contribution is -0.119. The molecule has 0 bridgehead atoms. The molecule has 1 heterocycles. The van der Waals surface area contributed by atoms with E-state index in [2.05, 4.69) is 10.6 Å². The summed E-state index contributed by atoms with van der Waals surface area (Å²) < 4.78 is 18.1. The highest BCUT2D eigenvalue weighted by Crippen LogP contribution is 2.19. The lowest BCUT2D eigenvalue weighted by atomic mass is 10.2. The summed E-state index contributed by atoms with van der Waals surface area (Å²) in [4.78, 5) is 36.9. The maximum Gasteiger partial charge on any atom is 0.340 e. The predicted molar refractivity (Wildman–Crippen MR) is 104 cm³/mol. The molecule has 3 rings (SSSR count). The normalized spacial score (nSPS) is 10.2. The number of esters is 1. The first-order valence-electron chi connectivity index (χ1n) is 8.19. The largest absolute Gasteiger partial charge is 0.452 e. The Hall–Kier alpha value is -3.52. The van der Waals surface area contributed by atoms with Crippen molar-refractivity contribution in [3.05, 3.63) is 82.3 Å². The standard InChI is InChI=1S/C20H15FN2O4S/c21-13-5-3-6-14(11-13)22-18(24)12-27-20(26)15-7-1-2-8-16(15)23-19(25)17-9-4-10-28-17/h1-11H,12H2,(H,22,24)(H,23,25). The molecule has 0 fully saturated rings. The summed E-state index contributed by atoms with van der Waals surface area (Å²) in [6.07, 6.45) is 0. The van der Waals surface area contributed by atoms with Crippen molar-refractivity contribution in [1.82, 2.24) is 0 Å². The highest BCUT2D eigenvalue weighted by Gasteiger charge is 2.17. The number of hydrogen-bond acceptors (Lipinski definition) is 5. The second kappa shape index (κ2) is 8.92. The minimum Gasteiger partial charge on any atom is -0.452 e. The fourth-order valence-corrected chi connectivity index (χ4v) is 2.95. The number of hydrogen-bond donors (Lipinski definition) is 2. The number of amides is 2. The van der Waals surface area contributed by atoms with Crippen LogP contribution in [0.1, 0.15) is 20.0 Å². The van der Waals surface area contributed by atoms with Gasteiger partial charge in [0.2, 0.25) is 0 Å². The van der Waals surface area contributed by atoms with Crippen molar-refractivity contribution in [2.75, 3.05) is 17.2 Å². The van der Waals surface area contributed by atoms with E-state index in [0.29, 0.717) is 4.88 Å². The van der Waals surface area contributed by atoms with Gasteiger partial charge < -0.3 is 15.4 Å². The molecular formula is C20H15FN2O4S. The number of carbonyl (C=O) groups is 3. The second-order valence-electron chi connectivity index (χ2n) is 5.61. The van der Waals surface area contributed by atoms with Gasteiger partial charge >= 0.3 is 5.97 Å². The van der Waals surface area contributed by atoms with Crippen LogP contribution in [0.4, 0.5) is 15.8 Å². The fourth-order valence-electron chi connectivity index (χ4n) is 2.33. The molecule has 142 valence electrons. The lowest BCUT2D eigenvalue weighted by Gasteiger charge is -2.11.